The molecule has 3 rings (SSSR count). The molecule has 0 bridgehead atoms. The SMILES string of the molecule is C/C=C\C(=C/C)COC(=O)N1CCCC1c1nc(Br)c2c(N)nccn12.CC. The van der Waals surface area contributed by atoms with Gasteiger partial charge in [-0.15, -0.1) is 0 Å². The fraction of sp³-hybridized carbons (Fsp3) is 0.450. The molecule has 1 aliphatic rings. The lowest BCUT2D eigenvalue weighted by Gasteiger charge is -2.23. The second kappa shape index (κ2) is 10.3. The van der Waals surface area contributed by atoms with Gasteiger partial charge in [-0.3, -0.25) is 9.30 Å². The number of nitrogens with two attached hydrogens (primary N) is 1. The summed E-state index contributed by atoms with van der Waals surface area (Å²) < 4.78 is 8.02. The monoisotopic (exact) mass is 449 g/mol. The number of aromatic nitrogens is 3. The third-order valence-corrected chi connectivity index (χ3v) is 5.02. The van der Waals surface area contributed by atoms with Crippen LogP contribution in [0, 0.1) is 0 Å². The van der Waals surface area contributed by atoms with E-state index in [-0.39, 0.29) is 18.7 Å². The molecule has 0 saturated carbocycles. The van der Waals surface area contributed by atoms with Gasteiger partial charge in [0.15, 0.2) is 5.82 Å². The van der Waals surface area contributed by atoms with Gasteiger partial charge in [0.25, 0.3) is 0 Å². The lowest BCUT2D eigenvalue weighted by molar-refractivity contribution is 0.105. The predicted molar refractivity (Wildman–Crippen MR) is 115 cm³/mol. The highest BCUT2D eigenvalue weighted by molar-refractivity contribution is 9.10. The van der Waals surface area contributed by atoms with Gasteiger partial charge in [0.1, 0.15) is 22.6 Å². The van der Waals surface area contributed by atoms with Crippen LogP contribution in [-0.4, -0.2) is 38.5 Å². The molecule has 7 nitrogen and oxygen atoms in total. The molecule has 1 saturated heterocycles. The quantitative estimate of drug-likeness (QED) is 0.670. The highest BCUT2D eigenvalue weighted by atomic mass is 79.9. The maximum absolute atomic E-state index is 12.6. The summed E-state index contributed by atoms with van der Waals surface area (Å²) in [5.74, 6) is 1.16. The molecule has 0 aliphatic carbocycles. The smallest absolute Gasteiger partial charge is 0.410 e. The van der Waals surface area contributed by atoms with Crippen molar-refractivity contribution < 1.29 is 9.53 Å². The molecule has 0 aromatic carbocycles. The number of allylic oxidation sites excluding steroid dienone is 2. The topological polar surface area (TPSA) is 85.8 Å². The molecular weight excluding hydrogens is 422 g/mol. The molecule has 1 amide bonds. The third-order valence-electron chi connectivity index (χ3n) is 4.47. The molecule has 3 heterocycles. The maximum atomic E-state index is 12.6. The molecule has 0 spiro atoms. The minimum absolute atomic E-state index is 0.154. The Hall–Kier alpha value is -2.35. The zero-order chi connectivity index (χ0) is 20.7. The Labute approximate surface area is 174 Å². The summed E-state index contributed by atoms with van der Waals surface area (Å²) in [5.41, 5.74) is 7.65. The number of halogens is 1. The lowest BCUT2D eigenvalue weighted by Crippen LogP contribution is -2.32. The van der Waals surface area contributed by atoms with Gasteiger partial charge < -0.3 is 10.5 Å². The molecule has 0 radical (unpaired) electrons. The number of rotatable bonds is 4. The number of carbonyl (C=O) groups excluding carboxylic acids is 1. The number of amides is 1. The van der Waals surface area contributed by atoms with Crippen molar-refractivity contribution in [2.45, 2.75) is 46.6 Å². The Morgan fingerprint density at radius 2 is 2.18 bits per heavy atom. The van der Waals surface area contributed by atoms with Crippen LogP contribution in [0.25, 0.3) is 5.52 Å². The molecular formula is C20H28BrN5O2. The van der Waals surface area contributed by atoms with Gasteiger partial charge in [-0.25, -0.2) is 14.8 Å². The standard InChI is InChI=1S/C18H22BrN5O2.C2H6/c1-3-6-12(4-2)11-26-18(25)23-9-5-7-13(23)17-22-15(19)14-16(20)21-8-10-24(14)17;1-2/h3-4,6,8,10,13H,5,7,9,11H2,1-2H3,(H2,20,21);1-2H3/b6-3-,12-4+;. The third kappa shape index (κ3) is 4.55. The highest BCUT2D eigenvalue weighted by Crippen LogP contribution is 2.35. The van der Waals surface area contributed by atoms with Gasteiger partial charge in [-0.1, -0.05) is 32.1 Å². The van der Waals surface area contributed by atoms with Crippen LogP contribution in [-0.2, 0) is 4.74 Å². The Morgan fingerprint density at radius 1 is 1.43 bits per heavy atom. The number of fused-ring (bicyclic) bond motifs is 1. The van der Waals surface area contributed by atoms with Gasteiger partial charge in [-0.2, -0.15) is 0 Å². The Bertz CT molecular complexity index is 875. The number of hydrogen-bond donors (Lipinski definition) is 1. The summed E-state index contributed by atoms with van der Waals surface area (Å²) >= 11 is 3.45. The van der Waals surface area contributed by atoms with Crippen molar-refractivity contribution in [3.8, 4) is 0 Å². The van der Waals surface area contributed by atoms with E-state index in [2.05, 4.69) is 25.9 Å². The summed E-state index contributed by atoms with van der Waals surface area (Å²) in [5, 5.41) is 0. The van der Waals surface area contributed by atoms with Crippen LogP contribution in [0.15, 0.2) is 40.8 Å². The number of nitrogens with zero attached hydrogens (tertiary/aromatic N) is 4. The highest BCUT2D eigenvalue weighted by Gasteiger charge is 2.34. The minimum Gasteiger partial charge on any atom is -0.445 e. The Morgan fingerprint density at radius 3 is 2.86 bits per heavy atom. The molecule has 1 atom stereocenters. The van der Waals surface area contributed by atoms with Crippen LogP contribution in [0.5, 0.6) is 0 Å². The summed E-state index contributed by atoms with van der Waals surface area (Å²) in [7, 11) is 0. The number of likely N-dealkylation sites (tertiary alicyclic amines) is 1. The number of nitrogen functional groups attached to an aromatic ring is 1. The van der Waals surface area contributed by atoms with E-state index in [0.29, 0.717) is 22.5 Å². The fourth-order valence-electron chi connectivity index (χ4n) is 3.20. The Kier molecular flexibility index (Phi) is 8.04. The van der Waals surface area contributed by atoms with E-state index in [0.717, 1.165) is 24.2 Å². The second-order valence-electron chi connectivity index (χ2n) is 6.06. The van der Waals surface area contributed by atoms with Gasteiger partial charge in [0.05, 0.1) is 6.04 Å². The molecule has 1 aliphatic heterocycles. The van der Waals surface area contributed by atoms with Crippen molar-refractivity contribution in [1.82, 2.24) is 19.3 Å². The first-order valence-electron chi connectivity index (χ1n) is 9.56. The van der Waals surface area contributed by atoms with E-state index < -0.39 is 0 Å². The molecule has 2 aromatic heterocycles. The van der Waals surface area contributed by atoms with Crippen molar-refractivity contribution in [2.24, 2.45) is 0 Å². The first-order chi connectivity index (χ1) is 13.6. The van der Waals surface area contributed by atoms with Crippen molar-refractivity contribution in [1.29, 1.82) is 0 Å². The minimum atomic E-state index is -0.328. The molecule has 152 valence electrons. The van der Waals surface area contributed by atoms with E-state index in [9.17, 15) is 4.79 Å². The lowest BCUT2D eigenvalue weighted by atomic mass is 10.2. The summed E-state index contributed by atoms with van der Waals surface area (Å²) in [4.78, 5) is 23.1. The maximum Gasteiger partial charge on any atom is 0.410 e. The van der Waals surface area contributed by atoms with Crippen LogP contribution in [0.3, 0.4) is 0 Å². The van der Waals surface area contributed by atoms with Crippen molar-refractivity contribution in [3.63, 3.8) is 0 Å². The fourth-order valence-corrected chi connectivity index (χ4v) is 3.78. The van der Waals surface area contributed by atoms with Crippen LogP contribution >= 0.6 is 15.9 Å². The van der Waals surface area contributed by atoms with Gasteiger partial charge in [-0.05, 0) is 48.2 Å². The predicted octanol–water partition coefficient (Wildman–Crippen LogP) is 4.90. The van der Waals surface area contributed by atoms with E-state index >= 15 is 0 Å². The average Bonchev–Trinajstić information content (AvgIpc) is 3.32. The number of carbonyl (C=O) groups is 1. The van der Waals surface area contributed by atoms with Crippen molar-refractivity contribution in [2.75, 3.05) is 18.9 Å². The average molecular weight is 450 g/mol. The number of anilines is 1. The summed E-state index contributed by atoms with van der Waals surface area (Å²) in [6, 6.07) is -0.154. The zero-order valence-electron chi connectivity index (χ0n) is 16.9. The van der Waals surface area contributed by atoms with Crippen LogP contribution in [0.4, 0.5) is 10.6 Å². The summed E-state index contributed by atoms with van der Waals surface area (Å²) in [6.07, 6.45) is 10.6. The molecule has 2 aromatic rings. The molecule has 2 N–H and O–H groups in total. The summed E-state index contributed by atoms with van der Waals surface area (Å²) in [6.45, 7) is 8.76. The van der Waals surface area contributed by atoms with E-state index in [1.165, 1.54) is 0 Å². The first kappa shape index (κ1) is 21.9. The van der Waals surface area contributed by atoms with Crippen LogP contribution < -0.4 is 5.73 Å². The second-order valence-corrected chi connectivity index (χ2v) is 6.81. The van der Waals surface area contributed by atoms with Crippen LogP contribution in [0.1, 0.15) is 52.4 Å². The molecule has 8 heteroatoms. The number of ether oxygens (including phenoxy) is 1. The first-order valence-corrected chi connectivity index (χ1v) is 10.3. The number of imidazole rings is 1. The molecule has 28 heavy (non-hydrogen) atoms. The van der Waals surface area contributed by atoms with Gasteiger partial charge in [0.2, 0.25) is 0 Å². The van der Waals surface area contributed by atoms with Crippen molar-refractivity contribution >= 4 is 33.4 Å². The molecule has 1 fully saturated rings. The van der Waals surface area contributed by atoms with Gasteiger partial charge in [0, 0.05) is 18.9 Å². The van der Waals surface area contributed by atoms with E-state index in [1.807, 2.05) is 56.5 Å². The van der Waals surface area contributed by atoms with Crippen molar-refractivity contribution in [3.05, 3.63) is 46.6 Å². The number of hydrogen-bond acceptors (Lipinski definition) is 5. The Balaban J connectivity index is 0.00000136. The van der Waals surface area contributed by atoms with E-state index in [1.54, 1.807) is 11.1 Å². The van der Waals surface area contributed by atoms with E-state index in [4.69, 9.17) is 10.5 Å². The van der Waals surface area contributed by atoms with Gasteiger partial charge >= 0.3 is 6.09 Å². The largest absolute Gasteiger partial charge is 0.445 e. The molecule has 1 unspecified atom stereocenters. The van der Waals surface area contributed by atoms with Crippen LogP contribution in [0.2, 0.25) is 0 Å². The zero-order valence-corrected chi connectivity index (χ0v) is 18.4. The normalized spacial score (nSPS) is 17.1.